The van der Waals surface area contributed by atoms with Crippen molar-refractivity contribution in [3.63, 3.8) is 0 Å². The molecule has 4 rings (SSSR count). The van der Waals surface area contributed by atoms with E-state index in [4.69, 9.17) is 16.3 Å². The van der Waals surface area contributed by atoms with Crippen molar-refractivity contribution >= 4 is 39.1 Å². The highest BCUT2D eigenvalue weighted by molar-refractivity contribution is 7.91. The molecular formula is C25H27ClFN5O5S. The van der Waals surface area contributed by atoms with Crippen molar-refractivity contribution in [2.45, 2.75) is 57.2 Å². The number of alkyl carbamates (subject to hydrolysis) is 1. The number of nitrogens with one attached hydrogen (secondary N) is 1. The predicted octanol–water partition coefficient (Wildman–Crippen LogP) is 3.84. The van der Waals surface area contributed by atoms with Gasteiger partial charge in [0.15, 0.2) is 9.84 Å². The van der Waals surface area contributed by atoms with E-state index in [0.29, 0.717) is 22.7 Å². The number of carbonyl (C=O) groups is 2. The molecule has 1 aromatic heterocycles. The second-order valence-electron chi connectivity index (χ2n) is 9.81. The minimum Gasteiger partial charge on any atom is -0.444 e. The summed E-state index contributed by atoms with van der Waals surface area (Å²) in [6.45, 7) is 6.70. The van der Waals surface area contributed by atoms with E-state index < -0.39 is 45.1 Å². The standard InChI is InChI=1S/C25H27ClFN5O5S/c1-5-17-13-32(30-29-17)20-11-21-22(10-18(20)27)38(35,36)14-19(28-24(34)37-25(2,3)4)23(33)31(21)12-15-6-8-16(26)9-7-15/h6-11,13,19H,5,12,14H2,1-4H3,(H,28,34)/t19-/m0/s1. The number of sulfone groups is 1. The number of benzene rings is 2. The Morgan fingerprint density at radius 3 is 2.50 bits per heavy atom. The summed E-state index contributed by atoms with van der Waals surface area (Å²) in [5.74, 6) is -2.35. The molecule has 38 heavy (non-hydrogen) atoms. The lowest BCUT2D eigenvalue weighted by Gasteiger charge is -2.27. The van der Waals surface area contributed by atoms with E-state index in [1.54, 1.807) is 45.0 Å². The van der Waals surface area contributed by atoms with Crippen LogP contribution < -0.4 is 10.2 Å². The first-order valence-corrected chi connectivity index (χ1v) is 13.8. The quantitative estimate of drug-likeness (QED) is 0.500. The molecule has 202 valence electrons. The van der Waals surface area contributed by atoms with Gasteiger partial charge in [0.2, 0.25) is 0 Å². The SMILES string of the molecule is CCc1cn(-c2cc3c(cc2F)S(=O)(=O)C[C@H](NC(=O)OC(C)(C)C)C(=O)N3Cc2ccc(Cl)cc2)nn1. The van der Waals surface area contributed by atoms with Crippen LogP contribution in [0.1, 0.15) is 39.0 Å². The van der Waals surface area contributed by atoms with Crippen LogP contribution in [0.15, 0.2) is 47.5 Å². The van der Waals surface area contributed by atoms with Crippen LogP contribution in [-0.2, 0) is 32.3 Å². The van der Waals surface area contributed by atoms with Crippen molar-refractivity contribution in [3.8, 4) is 5.69 Å². The summed E-state index contributed by atoms with van der Waals surface area (Å²) in [5.41, 5.74) is 0.212. The third-order valence-corrected chi connectivity index (χ3v) is 7.72. The highest BCUT2D eigenvalue weighted by Crippen LogP contribution is 2.35. The summed E-state index contributed by atoms with van der Waals surface area (Å²) in [7, 11) is -4.24. The summed E-state index contributed by atoms with van der Waals surface area (Å²) in [6, 6.07) is 7.25. The van der Waals surface area contributed by atoms with Crippen molar-refractivity contribution in [2.24, 2.45) is 0 Å². The smallest absolute Gasteiger partial charge is 0.408 e. The molecular weight excluding hydrogens is 537 g/mol. The van der Waals surface area contributed by atoms with Crippen LogP contribution in [0.4, 0.5) is 14.9 Å². The fourth-order valence-electron chi connectivity index (χ4n) is 3.92. The molecule has 1 N–H and O–H groups in total. The molecule has 2 aromatic carbocycles. The molecule has 0 fully saturated rings. The van der Waals surface area contributed by atoms with Gasteiger partial charge in [-0.15, -0.1) is 5.10 Å². The average Bonchev–Trinajstić information content (AvgIpc) is 3.28. The van der Waals surface area contributed by atoms with E-state index >= 15 is 4.39 Å². The molecule has 2 amide bonds. The number of halogens is 2. The third-order valence-electron chi connectivity index (χ3n) is 5.70. The number of fused-ring (bicyclic) bond motifs is 1. The normalized spacial score (nSPS) is 17.1. The van der Waals surface area contributed by atoms with Gasteiger partial charge in [-0.1, -0.05) is 35.9 Å². The van der Waals surface area contributed by atoms with Crippen molar-refractivity contribution in [1.29, 1.82) is 0 Å². The van der Waals surface area contributed by atoms with Crippen LogP contribution in [0.2, 0.25) is 5.02 Å². The first-order chi connectivity index (χ1) is 17.8. The van der Waals surface area contributed by atoms with Crippen molar-refractivity contribution in [3.05, 3.63) is 64.7 Å². The predicted molar refractivity (Wildman–Crippen MR) is 139 cm³/mol. The molecule has 0 spiro atoms. The lowest BCUT2D eigenvalue weighted by molar-refractivity contribution is -0.120. The molecule has 3 aromatic rings. The molecule has 1 aliphatic rings. The van der Waals surface area contributed by atoms with Gasteiger partial charge in [-0.2, -0.15) is 0 Å². The monoisotopic (exact) mass is 563 g/mol. The van der Waals surface area contributed by atoms with Crippen molar-refractivity contribution in [2.75, 3.05) is 10.7 Å². The zero-order valence-corrected chi connectivity index (χ0v) is 22.8. The summed E-state index contributed by atoms with van der Waals surface area (Å²) < 4.78 is 48.5. The second-order valence-corrected chi connectivity index (χ2v) is 12.2. The van der Waals surface area contributed by atoms with Gasteiger partial charge in [-0.25, -0.2) is 22.3 Å². The number of hydrogen-bond acceptors (Lipinski definition) is 7. The number of aromatic nitrogens is 3. The number of rotatable bonds is 5. The van der Waals surface area contributed by atoms with Gasteiger partial charge < -0.3 is 15.0 Å². The summed E-state index contributed by atoms with van der Waals surface area (Å²) >= 11 is 6.00. The Kier molecular flexibility index (Phi) is 7.48. The number of anilines is 1. The Bertz CT molecular complexity index is 1480. The van der Waals surface area contributed by atoms with E-state index in [-0.39, 0.29) is 22.8 Å². The molecule has 0 saturated carbocycles. The van der Waals surface area contributed by atoms with E-state index in [1.807, 2.05) is 6.92 Å². The van der Waals surface area contributed by atoms with Gasteiger partial charge in [0.05, 0.1) is 34.8 Å². The number of hydrogen-bond donors (Lipinski definition) is 1. The molecule has 13 heteroatoms. The van der Waals surface area contributed by atoms with E-state index in [9.17, 15) is 18.0 Å². The molecule has 0 aliphatic carbocycles. The zero-order valence-electron chi connectivity index (χ0n) is 21.2. The van der Waals surface area contributed by atoms with Gasteiger partial charge >= 0.3 is 6.09 Å². The molecule has 2 heterocycles. The van der Waals surface area contributed by atoms with Crippen LogP contribution in [-0.4, -0.2) is 52.8 Å². The lowest BCUT2D eigenvalue weighted by atomic mass is 10.1. The van der Waals surface area contributed by atoms with Crippen LogP contribution in [0.25, 0.3) is 5.69 Å². The van der Waals surface area contributed by atoms with Gasteiger partial charge in [-0.3, -0.25) is 4.79 Å². The highest BCUT2D eigenvalue weighted by Gasteiger charge is 2.40. The minimum atomic E-state index is -4.24. The van der Waals surface area contributed by atoms with Gasteiger partial charge in [0.25, 0.3) is 5.91 Å². The number of nitrogens with zero attached hydrogens (tertiary/aromatic N) is 4. The maximum atomic E-state index is 15.3. The van der Waals surface area contributed by atoms with E-state index in [1.165, 1.54) is 21.8 Å². The number of aryl methyl sites for hydroxylation is 1. The van der Waals surface area contributed by atoms with E-state index in [2.05, 4.69) is 15.6 Å². The third kappa shape index (κ3) is 5.97. The van der Waals surface area contributed by atoms with Gasteiger partial charge in [0, 0.05) is 5.02 Å². The maximum absolute atomic E-state index is 15.3. The summed E-state index contributed by atoms with van der Waals surface area (Å²) in [4.78, 5) is 27.1. The van der Waals surface area contributed by atoms with Gasteiger partial charge in [-0.05, 0) is 57.0 Å². The first kappa shape index (κ1) is 27.5. The molecule has 0 unspecified atom stereocenters. The van der Waals surface area contributed by atoms with E-state index in [0.717, 1.165) is 6.07 Å². The molecule has 1 aliphatic heterocycles. The topological polar surface area (TPSA) is 123 Å². The first-order valence-electron chi connectivity index (χ1n) is 11.8. The second kappa shape index (κ2) is 10.3. The molecule has 0 bridgehead atoms. The van der Waals surface area contributed by atoms with Crippen molar-refractivity contribution in [1.82, 2.24) is 20.3 Å². The number of ether oxygens (including phenoxy) is 1. The number of amides is 2. The summed E-state index contributed by atoms with van der Waals surface area (Å²) in [5, 5.41) is 10.8. The molecule has 0 radical (unpaired) electrons. The summed E-state index contributed by atoms with van der Waals surface area (Å²) in [6.07, 6.45) is 1.12. The van der Waals surface area contributed by atoms with Crippen LogP contribution in [0, 0.1) is 5.82 Å². The van der Waals surface area contributed by atoms with Crippen LogP contribution >= 0.6 is 11.6 Å². The zero-order chi connectivity index (χ0) is 27.8. The molecule has 1 atom stereocenters. The lowest BCUT2D eigenvalue weighted by Crippen LogP contribution is -2.51. The minimum absolute atomic E-state index is 0.0524. The fraction of sp³-hybridized carbons (Fsp3) is 0.360. The maximum Gasteiger partial charge on any atom is 0.408 e. The Morgan fingerprint density at radius 2 is 1.89 bits per heavy atom. The van der Waals surface area contributed by atoms with Crippen LogP contribution in [0.3, 0.4) is 0 Å². The Morgan fingerprint density at radius 1 is 1.21 bits per heavy atom. The van der Waals surface area contributed by atoms with Crippen molar-refractivity contribution < 1.29 is 27.1 Å². The van der Waals surface area contributed by atoms with Crippen LogP contribution in [0.5, 0.6) is 0 Å². The number of carbonyl (C=O) groups excluding carboxylic acids is 2. The van der Waals surface area contributed by atoms with Gasteiger partial charge in [0.1, 0.15) is 23.1 Å². The fourth-order valence-corrected chi connectivity index (χ4v) is 5.66. The highest BCUT2D eigenvalue weighted by atomic mass is 35.5. The Balaban J connectivity index is 1.84. The Hall–Kier alpha value is -3.51. The molecule has 0 saturated heterocycles. The molecule has 10 nitrogen and oxygen atoms in total. The largest absolute Gasteiger partial charge is 0.444 e. The average molecular weight is 564 g/mol. The Labute approximate surface area is 224 Å².